The number of aromatic nitrogens is 3. The van der Waals surface area contributed by atoms with E-state index in [-0.39, 0.29) is 11.8 Å². The van der Waals surface area contributed by atoms with Crippen LogP contribution in [0.4, 0.5) is 0 Å². The van der Waals surface area contributed by atoms with E-state index in [0.29, 0.717) is 0 Å². The van der Waals surface area contributed by atoms with Crippen LogP contribution in [0.15, 0.2) is 85.5 Å². The zero-order valence-electron chi connectivity index (χ0n) is 14.4. The molecule has 0 saturated heterocycles. The predicted octanol–water partition coefficient (Wildman–Crippen LogP) is 4.93. The number of imidazole rings is 1. The van der Waals surface area contributed by atoms with Crippen molar-refractivity contribution in [3.63, 3.8) is 0 Å². The summed E-state index contributed by atoms with van der Waals surface area (Å²) in [7, 11) is 0. The fraction of sp³-hybridized carbons (Fsp3) is 0.0909. The zero-order chi connectivity index (χ0) is 17.9. The van der Waals surface area contributed by atoms with Crippen molar-refractivity contribution in [2.75, 3.05) is 0 Å². The van der Waals surface area contributed by atoms with E-state index in [0.717, 1.165) is 28.1 Å². The average Bonchev–Trinajstić information content (AvgIpc) is 3.14. The molecule has 0 spiro atoms. The molecule has 4 heteroatoms. The number of hydrogen-bond acceptors (Lipinski definition) is 3. The smallest absolute Gasteiger partial charge is 0.115 e. The molecular weight excluding hydrogens is 322 g/mol. The molecular formula is C22H19N3O. The molecule has 0 aliphatic rings. The summed E-state index contributed by atoms with van der Waals surface area (Å²) in [6.45, 7) is 2.13. The molecule has 2 aromatic heterocycles. The number of nitrogens with zero attached hydrogens (tertiary/aromatic N) is 3. The van der Waals surface area contributed by atoms with E-state index in [1.54, 1.807) is 18.3 Å². The Morgan fingerprint density at radius 2 is 1.62 bits per heavy atom. The summed E-state index contributed by atoms with van der Waals surface area (Å²) in [5, 5.41) is 9.57. The van der Waals surface area contributed by atoms with Gasteiger partial charge in [0.1, 0.15) is 5.75 Å². The third-order valence-electron chi connectivity index (χ3n) is 4.57. The van der Waals surface area contributed by atoms with Crippen LogP contribution in [0, 0.1) is 0 Å². The average molecular weight is 341 g/mol. The molecule has 4 aromatic rings. The van der Waals surface area contributed by atoms with Crippen LogP contribution in [-0.4, -0.2) is 19.6 Å². The van der Waals surface area contributed by atoms with Gasteiger partial charge in [-0.05, 0) is 36.8 Å². The summed E-state index contributed by atoms with van der Waals surface area (Å²) >= 11 is 0. The molecule has 0 aliphatic heterocycles. The molecule has 1 atom stereocenters. The SMILES string of the molecule is CC(c1ccc(O)cc1)n1cnc(-c2ccccc2)c1-c1cccnc1. The third kappa shape index (κ3) is 2.97. The van der Waals surface area contributed by atoms with E-state index >= 15 is 0 Å². The Balaban J connectivity index is 1.87. The quantitative estimate of drug-likeness (QED) is 0.573. The van der Waals surface area contributed by atoms with Crippen molar-refractivity contribution >= 4 is 0 Å². The first-order chi connectivity index (χ1) is 12.7. The van der Waals surface area contributed by atoms with Crippen molar-refractivity contribution in [2.45, 2.75) is 13.0 Å². The molecule has 1 unspecified atom stereocenters. The van der Waals surface area contributed by atoms with Gasteiger partial charge < -0.3 is 9.67 Å². The van der Waals surface area contributed by atoms with Gasteiger partial charge in [0.15, 0.2) is 0 Å². The minimum Gasteiger partial charge on any atom is -0.508 e. The van der Waals surface area contributed by atoms with E-state index in [1.165, 1.54) is 0 Å². The van der Waals surface area contributed by atoms with Gasteiger partial charge in [-0.3, -0.25) is 4.98 Å². The molecule has 0 bridgehead atoms. The normalized spacial score (nSPS) is 12.0. The van der Waals surface area contributed by atoms with Gasteiger partial charge in [0.05, 0.1) is 23.8 Å². The highest BCUT2D eigenvalue weighted by molar-refractivity contribution is 5.78. The highest BCUT2D eigenvalue weighted by Gasteiger charge is 2.19. The summed E-state index contributed by atoms with van der Waals surface area (Å²) < 4.78 is 2.16. The van der Waals surface area contributed by atoms with Gasteiger partial charge in [0.2, 0.25) is 0 Å². The Morgan fingerprint density at radius 3 is 2.31 bits per heavy atom. The predicted molar refractivity (Wildman–Crippen MR) is 103 cm³/mol. The van der Waals surface area contributed by atoms with Gasteiger partial charge in [-0.15, -0.1) is 0 Å². The second kappa shape index (κ2) is 6.84. The van der Waals surface area contributed by atoms with Crippen LogP contribution in [0.1, 0.15) is 18.5 Å². The lowest BCUT2D eigenvalue weighted by Crippen LogP contribution is -2.07. The Hall–Kier alpha value is -3.40. The Bertz CT molecular complexity index is 993. The van der Waals surface area contributed by atoms with Crippen LogP contribution in [0.25, 0.3) is 22.5 Å². The lowest BCUT2D eigenvalue weighted by Gasteiger charge is -2.18. The molecule has 0 aliphatic carbocycles. The Morgan fingerprint density at radius 1 is 0.885 bits per heavy atom. The van der Waals surface area contributed by atoms with E-state index in [4.69, 9.17) is 4.98 Å². The van der Waals surface area contributed by atoms with E-state index in [1.807, 2.05) is 48.9 Å². The van der Waals surface area contributed by atoms with E-state index in [9.17, 15) is 5.11 Å². The summed E-state index contributed by atoms with van der Waals surface area (Å²) in [4.78, 5) is 9.00. The molecule has 4 nitrogen and oxygen atoms in total. The highest BCUT2D eigenvalue weighted by atomic mass is 16.3. The summed E-state index contributed by atoms with van der Waals surface area (Å²) in [5.41, 5.74) is 5.16. The zero-order valence-corrected chi connectivity index (χ0v) is 14.4. The number of aromatic hydroxyl groups is 1. The maximum absolute atomic E-state index is 9.57. The summed E-state index contributed by atoms with van der Waals surface area (Å²) in [6.07, 6.45) is 5.52. The van der Waals surface area contributed by atoms with Crippen LogP contribution in [0.5, 0.6) is 5.75 Å². The first kappa shape index (κ1) is 16.1. The lowest BCUT2D eigenvalue weighted by molar-refractivity contribution is 0.474. The van der Waals surface area contributed by atoms with E-state index < -0.39 is 0 Å². The van der Waals surface area contributed by atoms with Crippen LogP contribution in [-0.2, 0) is 0 Å². The summed E-state index contributed by atoms with van der Waals surface area (Å²) in [6, 6.07) is 21.5. The molecule has 0 amide bonds. The van der Waals surface area contributed by atoms with Crippen molar-refractivity contribution in [2.24, 2.45) is 0 Å². The summed E-state index contributed by atoms with van der Waals surface area (Å²) in [5.74, 6) is 0.268. The van der Waals surface area contributed by atoms with Crippen LogP contribution in [0.2, 0.25) is 0 Å². The molecule has 1 N–H and O–H groups in total. The topological polar surface area (TPSA) is 50.9 Å². The minimum absolute atomic E-state index is 0.0655. The first-order valence-electron chi connectivity index (χ1n) is 8.55. The molecule has 0 radical (unpaired) electrons. The molecule has 2 heterocycles. The fourth-order valence-electron chi connectivity index (χ4n) is 3.16. The van der Waals surface area contributed by atoms with Crippen molar-refractivity contribution in [1.29, 1.82) is 0 Å². The third-order valence-corrected chi connectivity index (χ3v) is 4.57. The first-order valence-corrected chi connectivity index (χ1v) is 8.55. The van der Waals surface area contributed by atoms with Crippen LogP contribution >= 0.6 is 0 Å². The number of phenols is 1. The molecule has 0 fully saturated rings. The lowest BCUT2D eigenvalue weighted by atomic mass is 10.0. The monoisotopic (exact) mass is 341 g/mol. The van der Waals surface area contributed by atoms with Gasteiger partial charge in [-0.2, -0.15) is 0 Å². The second-order valence-electron chi connectivity index (χ2n) is 6.22. The van der Waals surface area contributed by atoms with Gasteiger partial charge in [0, 0.05) is 23.5 Å². The van der Waals surface area contributed by atoms with Gasteiger partial charge in [-0.25, -0.2) is 4.98 Å². The number of benzene rings is 2. The van der Waals surface area contributed by atoms with Crippen molar-refractivity contribution in [3.8, 4) is 28.3 Å². The Kier molecular flexibility index (Phi) is 4.23. The van der Waals surface area contributed by atoms with Gasteiger partial charge >= 0.3 is 0 Å². The van der Waals surface area contributed by atoms with Crippen molar-refractivity contribution in [1.82, 2.24) is 14.5 Å². The highest BCUT2D eigenvalue weighted by Crippen LogP contribution is 2.34. The molecule has 128 valence electrons. The van der Waals surface area contributed by atoms with Gasteiger partial charge in [0.25, 0.3) is 0 Å². The largest absolute Gasteiger partial charge is 0.508 e. The van der Waals surface area contributed by atoms with Crippen molar-refractivity contribution < 1.29 is 5.11 Å². The van der Waals surface area contributed by atoms with Crippen LogP contribution in [0.3, 0.4) is 0 Å². The maximum atomic E-state index is 9.57. The maximum Gasteiger partial charge on any atom is 0.115 e. The second-order valence-corrected chi connectivity index (χ2v) is 6.22. The number of rotatable bonds is 4. The molecule has 0 saturated carbocycles. The minimum atomic E-state index is 0.0655. The fourth-order valence-corrected chi connectivity index (χ4v) is 3.16. The standard InChI is InChI=1S/C22H19N3O/c1-16(17-9-11-20(26)12-10-17)25-15-24-21(18-6-3-2-4-7-18)22(25)19-8-5-13-23-14-19/h2-16,26H,1H3. The number of phenolic OH excluding ortho intramolecular Hbond substituents is 1. The Labute approximate surface area is 152 Å². The molecule has 26 heavy (non-hydrogen) atoms. The van der Waals surface area contributed by atoms with E-state index in [2.05, 4.69) is 34.7 Å². The molecule has 4 rings (SSSR count). The van der Waals surface area contributed by atoms with Gasteiger partial charge in [-0.1, -0.05) is 42.5 Å². The number of hydrogen-bond donors (Lipinski definition) is 1. The van der Waals surface area contributed by atoms with Crippen LogP contribution < -0.4 is 0 Å². The van der Waals surface area contributed by atoms with Crippen molar-refractivity contribution in [3.05, 3.63) is 91.0 Å². The molecule has 2 aromatic carbocycles. The number of pyridine rings is 1.